The maximum absolute atomic E-state index is 13.2. The van der Waals surface area contributed by atoms with Crippen molar-refractivity contribution in [3.63, 3.8) is 0 Å². The van der Waals surface area contributed by atoms with E-state index in [2.05, 4.69) is 34.6 Å². The minimum absolute atomic E-state index is 0.141. The van der Waals surface area contributed by atoms with E-state index in [0.717, 1.165) is 25.0 Å². The highest BCUT2D eigenvalue weighted by atomic mass is 16.2. The Balaban J connectivity index is 1.44. The number of nitrogens with zero attached hydrogens (tertiary/aromatic N) is 3. The summed E-state index contributed by atoms with van der Waals surface area (Å²) in [7, 11) is 0. The number of benzene rings is 2. The molecule has 5 nitrogen and oxygen atoms in total. The molecule has 142 valence electrons. The summed E-state index contributed by atoms with van der Waals surface area (Å²) in [4.78, 5) is 30.4. The summed E-state index contributed by atoms with van der Waals surface area (Å²) in [6.07, 6.45) is 2.70. The highest BCUT2D eigenvalue weighted by molar-refractivity contribution is 5.98. The van der Waals surface area contributed by atoms with Crippen LogP contribution in [-0.4, -0.2) is 41.6 Å². The zero-order chi connectivity index (χ0) is 19.3. The molecule has 5 heteroatoms. The normalized spacial score (nSPS) is 18.7. The average molecular weight is 373 g/mol. The van der Waals surface area contributed by atoms with E-state index < -0.39 is 0 Å². The van der Waals surface area contributed by atoms with Crippen LogP contribution in [0.1, 0.15) is 28.9 Å². The summed E-state index contributed by atoms with van der Waals surface area (Å²) in [5.74, 6) is -0.145. The number of pyridine rings is 1. The van der Waals surface area contributed by atoms with Gasteiger partial charge in [-0.1, -0.05) is 30.3 Å². The van der Waals surface area contributed by atoms with Crippen LogP contribution >= 0.6 is 0 Å². The number of piperazine rings is 1. The smallest absolute Gasteiger partial charge is 0.259 e. The van der Waals surface area contributed by atoms with Gasteiger partial charge < -0.3 is 14.4 Å². The molecule has 0 saturated carbocycles. The number of para-hydroxylation sites is 2. The number of carbonyl (C=O) groups is 1. The highest BCUT2D eigenvalue weighted by Crippen LogP contribution is 2.31. The van der Waals surface area contributed by atoms with Crippen molar-refractivity contribution < 1.29 is 4.79 Å². The number of anilines is 1. The molecule has 2 aliphatic heterocycles. The molecule has 0 unspecified atom stereocenters. The molecule has 0 spiro atoms. The number of rotatable bonds is 2. The molecular weight excluding hydrogens is 350 g/mol. The van der Waals surface area contributed by atoms with Crippen molar-refractivity contribution in [1.29, 1.82) is 0 Å². The molecule has 0 N–H and O–H groups in total. The maximum Gasteiger partial charge on any atom is 0.259 e. The summed E-state index contributed by atoms with van der Waals surface area (Å²) >= 11 is 0. The maximum atomic E-state index is 13.2. The van der Waals surface area contributed by atoms with Gasteiger partial charge in [0.25, 0.3) is 5.91 Å². The van der Waals surface area contributed by atoms with Crippen LogP contribution in [0.2, 0.25) is 0 Å². The standard InChI is InChI=1S/C23H23N3O2/c1-16-14-17-6-5-9-19-21(17)26(16)15-20(22(19)27)23(28)25-12-10-24(11-13-25)18-7-3-2-4-8-18/h2-9,15-16H,10-14H2,1H3/t16-/m0/s1. The van der Waals surface area contributed by atoms with E-state index in [4.69, 9.17) is 0 Å². The molecule has 28 heavy (non-hydrogen) atoms. The van der Waals surface area contributed by atoms with Crippen LogP contribution in [0.3, 0.4) is 0 Å². The van der Waals surface area contributed by atoms with E-state index >= 15 is 0 Å². The third-order valence-corrected chi connectivity index (χ3v) is 6.04. The monoisotopic (exact) mass is 373 g/mol. The second-order valence-electron chi connectivity index (χ2n) is 7.76. The minimum Gasteiger partial charge on any atom is -0.368 e. The fourth-order valence-corrected chi connectivity index (χ4v) is 4.55. The van der Waals surface area contributed by atoms with Gasteiger partial charge in [-0.05, 0) is 37.1 Å². The fourth-order valence-electron chi connectivity index (χ4n) is 4.55. The first kappa shape index (κ1) is 17.0. The fraction of sp³-hybridized carbons (Fsp3) is 0.304. The first-order valence-electron chi connectivity index (χ1n) is 9.89. The third-order valence-electron chi connectivity index (χ3n) is 6.04. The van der Waals surface area contributed by atoms with Gasteiger partial charge in [0.05, 0.1) is 5.52 Å². The molecular formula is C23H23N3O2. The quantitative estimate of drug-likeness (QED) is 0.694. The van der Waals surface area contributed by atoms with Crippen molar-refractivity contribution in [2.75, 3.05) is 31.1 Å². The summed E-state index contributed by atoms with van der Waals surface area (Å²) in [6, 6.07) is 16.4. The summed E-state index contributed by atoms with van der Waals surface area (Å²) < 4.78 is 2.11. The zero-order valence-corrected chi connectivity index (χ0v) is 16.0. The Hall–Kier alpha value is -3.08. The van der Waals surface area contributed by atoms with Crippen LogP contribution < -0.4 is 10.3 Å². The minimum atomic E-state index is -0.145. The lowest BCUT2D eigenvalue weighted by atomic mass is 10.1. The Morgan fingerprint density at radius 3 is 2.46 bits per heavy atom. The van der Waals surface area contributed by atoms with Crippen molar-refractivity contribution in [3.8, 4) is 0 Å². The first-order chi connectivity index (χ1) is 13.6. The molecule has 1 saturated heterocycles. The van der Waals surface area contributed by atoms with Crippen LogP contribution in [0.5, 0.6) is 0 Å². The Labute approximate surface area is 163 Å². The van der Waals surface area contributed by atoms with E-state index in [1.807, 2.05) is 35.2 Å². The van der Waals surface area contributed by atoms with Gasteiger partial charge in [0, 0.05) is 49.5 Å². The molecule has 5 rings (SSSR count). The van der Waals surface area contributed by atoms with E-state index in [9.17, 15) is 9.59 Å². The topological polar surface area (TPSA) is 45.6 Å². The molecule has 2 aliphatic rings. The SMILES string of the molecule is C[C@H]1Cc2cccc3c(=O)c(C(=O)N4CCN(c5ccccc5)CC4)cn1c23. The Morgan fingerprint density at radius 1 is 0.964 bits per heavy atom. The lowest BCUT2D eigenvalue weighted by Gasteiger charge is -2.36. The predicted octanol–water partition coefficient (Wildman–Crippen LogP) is 3.08. The van der Waals surface area contributed by atoms with Gasteiger partial charge in [0.15, 0.2) is 0 Å². The average Bonchev–Trinajstić information content (AvgIpc) is 3.07. The Morgan fingerprint density at radius 2 is 1.71 bits per heavy atom. The lowest BCUT2D eigenvalue weighted by Crippen LogP contribution is -2.49. The van der Waals surface area contributed by atoms with E-state index in [1.54, 1.807) is 6.20 Å². The van der Waals surface area contributed by atoms with Gasteiger partial charge >= 0.3 is 0 Å². The molecule has 1 aromatic heterocycles. The van der Waals surface area contributed by atoms with Crippen molar-refractivity contribution in [2.24, 2.45) is 0 Å². The molecule has 1 amide bonds. The van der Waals surface area contributed by atoms with Gasteiger partial charge in [-0.2, -0.15) is 0 Å². The van der Waals surface area contributed by atoms with Crippen LogP contribution in [-0.2, 0) is 6.42 Å². The number of aromatic nitrogens is 1. The second kappa shape index (κ2) is 6.51. The molecule has 3 aromatic rings. The van der Waals surface area contributed by atoms with E-state index in [1.165, 1.54) is 11.3 Å². The molecule has 0 aliphatic carbocycles. The van der Waals surface area contributed by atoms with Gasteiger partial charge in [-0.15, -0.1) is 0 Å². The number of hydrogen-bond donors (Lipinski definition) is 0. The van der Waals surface area contributed by atoms with Gasteiger partial charge in [-0.25, -0.2) is 0 Å². The number of hydrogen-bond acceptors (Lipinski definition) is 3. The predicted molar refractivity (Wildman–Crippen MR) is 111 cm³/mol. The van der Waals surface area contributed by atoms with Gasteiger partial charge in [0.2, 0.25) is 5.43 Å². The van der Waals surface area contributed by atoms with E-state index in [0.29, 0.717) is 24.0 Å². The molecule has 0 radical (unpaired) electrons. The van der Waals surface area contributed by atoms with Crippen molar-refractivity contribution in [3.05, 3.63) is 76.1 Å². The van der Waals surface area contributed by atoms with Crippen molar-refractivity contribution in [2.45, 2.75) is 19.4 Å². The highest BCUT2D eigenvalue weighted by Gasteiger charge is 2.28. The van der Waals surface area contributed by atoms with Gasteiger partial charge in [-0.3, -0.25) is 9.59 Å². The summed E-state index contributed by atoms with van der Waals surface area (Å²) in [5.41, 5.74) is 3.52. The zero-order valence-electron chi connectivity index (χ0n) is 16.0. The largest absolute Gasteiger partial charge is 0.368 e. The van der Waals surface area contributed by atoms with E-state index in [-0.39, 0.29) is 17.4 Å². The Kier molecular flexibility index (Phi) is 3.97. The molecule has 1 fully saturated rings. The molecule has 1 atom stereocenters. The third kappa shape index (κ3) is 2.61. The number of amides is 1. The first-order valence-corrected chi connectivity index (χ1v) is 9.89. The van der Waals surface area contributed by atoms with Crippen molar-refractivity contribution in [1.82, 2.24) is 9.47 Å². The van der Waals surface area contributed by atoms with Crippen LogP contribution in [0, 0.1) is 0 Å². The molecule has 2 aromatic carbocycles. The van der Waals surface area contributed by atoms with Crippen LogP contribution in [0.4, 0.5) is 5.69 Å². The molecule has 0 bridgehead atoms. The van der Waals surface area contributed by atoms with Gasteiger partial charge in [0.1, 0.15) is 5.56 Å². The molecule has 3 heterocycles. The van der Waals surface area contributed by atoms with Crippen LogP contribution in [0.25, 0.3) is 10.9 Å². The summed E-state index contributed by atoms with van der Waals surface area (Å²) in [5, 5.41) is 0.663. The van der Waals surface area contributed by atoms with Crippen molar-refractivity contribution >= 4 is 22.5 Å². The lowest BCUT2D eigenvalue weighted by molar-refractivity contribution is 0.0745. The Bertz CT molecular complexity index is 1110. The second-order valence-corrected chi connectivity index (χ2v) is 7.76. The number of carbonyl (C=O) groups excluding carboxylic acids is 1. The van der Waals surface area contributed by atoms with Crippen LogP contribution in [0.15, 0.2) is 59.5 Å². The summed E-state index contributed by atoms with van der Waals surface area (Å²) in [6.45, 7) is 4.94.